The van der Waals surface area contributed by atoms with Crippen molar-refractivity contribution < 1.29 is 8.78 Å². The molecule has 3 nitrogen and oxygen atoms in total. The van der Waals surface area contributed by atoms with E-state index >= 15 is 0 Å². The van der Waals surface area contributed by atoms with Crippen LogP contribution in [0.3, 0.4) is 0 Å². The van der Waals surface area contributed by atoms with E-state index in [-0.39, 0.29) is 11.5 Å². The lowest BCUT2D eigenvalue weighted by Crippen LogP contribution is -1.90. The second-order valence-corrected chi connectivity index (χ2v) is 4.00. The Morgan fingerprint density at radius 2 is 1.68 bits per heavy atom. The zero-order valence-electron chi connectivity index (χ0n) is 9.64. The lowest BCUT2D eigenvalue weighted by molar-refractivity contribution is 0.619. The van der Waals surface area contributed by atoms with Crippen LogP contribution >= 0.6 is 0 Å². The molecular formula is C14H7F2N3. The summed E-state index contributed by atoms with van der Waals surface area (Å²) in [5, 5.41) is 9.20. The molecule has 2 heterocycles. The van der Waals surface area contributed by atoms with Gasteiger partial charge in [-0.15, -0.1) is 0 Å². The number of aromatic nitrogens is 2. The third-order valence-corrected chi connectivity index (χ3v) is 2.81. The molecule has 1 aromatic carbocycles. The Morgan fingerprint density at radius 1 is 1.00 bits per heavy atom. The zero-order valence-corrected chi connectivity index (χ0v) is 9.64. The Hall–Kier alpha value is -2.74. The molecule has 2 aromatic heterocycles. The predicted octanol–water partition coefficient (Wildman–Crippen LogP) is 3.15. The van der Waals surface area contributed by atoms with E-state index in [4.69, 9.17) is 0 Å². The molecule has 0 saturated carbocycles. The quantitative estimate of drug-likeness (QED) is 0.670. The van der Waals surface area contributed by atoms with Crippen molar-refractivity contribution in [3.63, 3.8) is 0 Å². The number of rotatable bonds is 1. The minimum atomic E-state index is -0.452. The first-order valence-corrected chi connectivity index (χ1v) is 5.52. The van der Waals surface area contributed by atoms with Gasteiger partial charge >= 0.3 is 0 Å². The molecule has 0 N–H and O–H groups in total. The summed E-state index contributed by atoms with van der Waals surface area (Å²) in [6, 6.07) is 10.4. The fourth-order valence-corrected chi connectivity index (χ4v) is 1.93. The molecule has 3 aromatic rings. The Kier molecular flexibility index (Phi) is 2.50. The number of benzene rings is 1. The second kappa shape index (κ2) is 4.18. The van der Waals surface area contributed by atoms with Gasteiger partial charge in [-0.2, -0.15) is 5.26 Å². The maximum Gasteiger partial charge on any atom is 0.152 e. The van der Waals surface area contributed by atoms with Crippen molar-refractivity contribution in [1.82, 2.24) is 9.38 Å². The molecule has 0 saturated heterocycles. The summed E-state index contributed by atoms with van der Waals surface area (Å²) in [5.74, 6) is -0.816. The molecule has 0 bridgehead atoms. The number of hydrogen-bond donors (Lipinski definition) is 0. The highest BCUT2D eigenvalue weighted by molar-refractivity contribution is 5.69. The van der Waals surface area contributed by atoms with Crippen LogP contribution in [0.2, 0.25) is 0 Å². The monoisotopic (exact) mass is 255 g/mol. The van der Waals surface area contributed by atoms with Crippen LogP contribution in [0.25, 0.3) is 16.9 Å². The number of nitriles is 1. The van der Waals surface area contributed by atoms with Gasteiger partial charge in [-0.05, 0) is 36.4 Å². The number of halogens is 2. The standard InChI is InChI=1S/C14H7F2N3/c15-10-3-1-9(2-4-10)14-12(7-17)19-8-11(16)5-6-13(19)18-14/h1-6,8H. The average molecular weight is 255 g/mol. The molecule has 0 atom stereocenters. The first-order valence-electron chi connectivity index (χ1n) is 5.52. The Balaban J connectivity index is 2.29. The largest absolute Gasteiger partial charge is 0.288 e. The molecule has 0 amide bonds. The molecule has 5 heteroatoms. The minimum absolute atomic E-state index is 0.223. The molecule has 0 spiro atoms. The van der Waals surface area contributed by atoms with E-state index in [0.717, 1.165) is 0 Å². The molecule has 3 rings (SSSR count). The lowest BCUT2D eigenvalue weighted by Gasteiger charge is -1.97. The van der Waals surface area contributed by atoms with Crippen molar-refractivity contribution in [2.45, 2.75) is 0 Å². The van der Waals surface area contributed by atoms with Gasteiger partial charge in [0, 0.05) is 11.8 Å². The van der Waals surface area contributed by atoms with E-state index in [1.165, 1.54) is 47.0 Å². The minimum Gasteiger partial charge on any atom is -0.288 e. The van der Waals surface area contributed by atoms with Crippen molar-refractivity contribution in [2.24, 2.45) is 0 Å². The van der Waals surface area contributed by atoms with Crippen LogP contribution in [-0.4, -0.2) is 9.38 Å². The van der Waals surface area contributed by atoms with Crippen LogP contribution in [0, 0.1) is 23.0 Å². The maximum absolute atomic E-state index is 13.2. The molecule has 0 aliphatic carbocycles. The van der Waals surface area contributed by atoms with Gasteiger partial charge in [0.05, 0.1) is 0 Å². The summed E-state index contributed by atoms with van der Waals surface area (Å²) >= 11 is 0. The number of imidazole rings is 1. The summed E-state index contributed by atoms with van der Waals surface area (Å²) in [6.07, 6.45) is 1.20. The third kappa shape index (κ3) is 1.83. The topological polar surface area (TPSA) is 41.1 Å². The smallest absolute Gasteiger partial charge is 0.152 e. The van der Waals surface area contributed by atoms with Gasteiger partial charge in [0.1, 0.15) is 29.0 Å². The molecule has 0 unspecified atom stereocenters. The molecule has 0 aliphatic heterocycles. The van der Waals surface area contributed by atoms with Crippen LogP contribution in [-0.2, 0) is 0 Å². The lowest BCUT2D eigenvalue weighted by atomic mass is 10.1. The van der Waals surface area contributed by atoms with Gasteiger partial charge in [0.2, 0.25) is 0 Å². The summed E-state index contributed by atoms with van der Waals surface area (Å²) in [4.78, 5) is 4.28. The van der Waals surface area contributed by atoms with Crippen LogP contribution < -0.4 is 0 Å². The van der Waals surface area contributed by atoms with E-state index < -0.39 is 5.82 Å². The molecule has 19 heavy (non-hydrogen) atoms. The van der Waals surface area contributed by atoms with Crippen molar-refractivity contribution >= 4 is 5.65 Å². The van der Waals surface area contributed by atoms with Gasteiger partial charge in [-0.1, -0.05) is 0 Å². The maximum atomic E-state index is 13.2. The number of pyridine rings is 1. The van der Waals surface area contributed by atoms with Gasteiger partial charge < -0.3 is 0 Å². The average Bonchev–Trinajstić information content (AvgIpc) is 2.77. The van der Waals surface area contributed by atoms with Gasteiger partial charge in [-0.25, -0.2) is 13.8 Å². The molecular weight excluding hydrogens is 248 g/mol. The van der Waals surface area contributed by atoms with Crippen molar-refractivity contribution in [3.8, 4) is 17.3 Å². The Bertz CT molecular complexity index is 798. The van der Waals surface area contributed by atoms with E-state index in [1.54, 1.807) is 0 Å². The van der Waals surface area contributed by atoms with E-state index in [2.05, 4.69) is 4.98 Å². The van der Waals surface area contributed by atoms with E-state index in [0.29, 0.717) is 16.9 Å². The normalized spacial score (nSPS) is 10.6. The molecule has 0 aliphatic rings. The first-order chi connectivity index (χ1) is 9.19. The van der Waals surface area contributed by atoms with Crippen LogP contribution in [0.4, 0.5) is 8.78 Å². The van der Waals surface area contributed by atoms with Crippen molar-refractivity contribution in [2.75, 3.05) is 0 Å². The highest BCUT2D eigenvalue weighted by Gasteiger charge is 2.14. The SMILES string of the molecule is N#Cc1c(-c2ccc(F)cc2)nc2ccc(F)cn12. The van der Waals surface area contributed by atoms with Gasteiger partial charge in [0.25, 0.3) is 0 Å². The number of hydrogen-bond acceptors (Lipinski definition) is 2. The fourth-order valence-electron chi connectivity index (χ4n) is 1.93. The van der Waals surface area contributed by atoms with Crippen LogP contribution in [0.15, 0.2) is 42.6 Å². The predicted molar refractivity (Wildman–Crippen MR) is 65.3 cm³/mol. The fraction of sp³-hybridized carbons (Fsp3) is 0. The Morgan fingerprint density at radius 3 is 2.37 bits per heavy atom. The summed E-state index contributed by atoms with van der Waals surface area (Å²) < 4.78 is 27.5. The highest BCUT2D eigenvalue weighted by atomic mass is 19.1. The van der Waals surface area contributed by atoms with E-state index in [1.807, 2.05) is 6.07 Å². The molecule has 0 radical (unpaired) electrons. The molecule has 0 fully saturated rings. The first kappa shape index (κ1) is 11.4. The summed E-state index contributed by atoms with van der Waals surface area (Å²) in [6.45, 7) is 0. The van der Waals surface area contributed by atoms with Gasteiger partial charge in [0.15, 0.2) is 5.69 Å². The summed E-state index contributed by atoms with van der Waals surface area (Å²) in [7, 11) is 0. The van der Waals surface area contributed by atoms with Crippen molar-refractivity contribution in [3.05, 3.63) is 59.9 Å². The van der Waals surface area contributed by atoms with Crippen molar-refractivity contribution in [1.29, 1.82) is 5.26 Å². The number of nitrogens with zero attached hydrogens (tertiary/aromatic N) is 3. The third-order valence-electron chi connectivity index (χ3n) is 2.81. The number of fused-ring (bicyclic) bond motifs is 1. The second-order valence-electron chi connectivity index (χ2n) is 4.00. The Labute approximate surface area is 107 Å². The highest BCUT2D eigenvalue weighted by Crippen LogP contribution is 2.24. The van der Waals surface area contributed by atoms with Crippen LogP contribution in [0.1, 0.15) is 5.69 Å². The van der Waals surface area contributed by atoms with E-state index in [9.17, 15) is 14.0 Å². The molecule has 92 valence electrons. The van der Waals surface area contributed by atoms with Crippen LogP contribution in [0.5, 0.6) is 0 Å². The van der Waals surface area contributed by atoms with Gasteiger partial charge in [-0.3, -0.25) is 4.40 Å². The zero-order chi connectivity index (χ0) is 13.4. The summed E-state index contributed by atoms with van der Waals surface area (Å²) in [5.41, 5.74) is 1.72.